The van der Waals surface area contributed by atoms with Crippen LogP contribution in [0.15, 0.2) is 30.3 Å². The topological polar surface area (TPSA) is 60.2 Å². The fraction of sp³-hybridized carbons (Fsp3) is 0.438. The molecule has 1 saturated heterocycles. The molecule has 4 rings (SSSR count). The Bertz CT molecular complexity index is 697. The first kappa shape index (κ1) is 13.5. The Labute approximate surface area is 128 Å². The van der Waals surface area contributed by atoms with Gasteiger partial charge in [0, 0.05) is 25.1 Å². The number of hydrogen-bond acceptors (Lipinski definition) is 5. The molecule has 6 nitrogen and oxygen atoms in total. The van der Waals surface area contributed by atoms with Crippen molar-refractivity contribution in [2.45, 2.75) is 38.6 Å². The molecule has 0 bridgehead atoms. The summed E-state index contributed by atoms with van der Waals surface area (Å²) in [5, 5.41) is 8.65. The fourth-order valence-corrected chi connectivity index (χ4v) is 3.28. The lowest BCUT2D eigenvalue weighted by atomic mass is 10.1. The molecule has 0 aliphatic carbocycles. The quantitative estimate of drug-likeness (QED) is 0.786. The highest BCUT2D eigenvalue weighted by molar-refractivity contribution is 5.78. The van der Waals surface area contributed by atoms with Crippen LogP contribution in [0.1, 0.15) is 19.2 Å². The van der Waals surface area contributed by atoms with Gasteiger partial charge in [0.15, 0.2) is 5.82 Å². The van der Waals surface area contributed by atoms with E-state index < -0.39 is 0 Å². The number of benzene rings is 1. The average molecular weight is 298 g/mol. The van der Waals surface area contributed by atoms with Gasteiger partial charge in [-0.2, -0.15) is 0 Å². The van der Waals surface area contributed by atoms with Crippen molar-refractivity contribution in [1.82, 2.24) is 19.7 Å². The summed E-state index contributed by atoms with van der Waals surface area (Å²) in [6, 6.07) is 9.94. The van der Waals surface area contributed by atoms with Crippen molar-refractivity contribution in [2.24, 2.45) is 0 Å². The van der Waals surface area contributed by atoms with Crippen LogP contribution in [0.25, 0.3) is 11.4 Å². The van der Waals surface area contributed by atoms with E-state index in [0.717, 1.165) is 36.7 Å². The lowest BCUT2D eigenvalue weighted by Crippen LogP contribution is -2.43. The van der Waals surface area contributed by atoms with Crippen LogP contribution in [-0.4, -0.2) is 44.3 Å². The third kappa shape index (κ3) is 2.20. The molecule has 2 aliphatic heterocycles. The Morgan fingerprint density at radius 2 is 2.00 bits per heavy atom. The van der Waals surface area contributed by atoms with Gasteiger partial charge in [-0.1, -0.05) is 30.3 Å². The average Bonchev–Trinajstić information content (AvgIpc) is 3.10. The Balaban J connectivity index is 1.58. The number of aromatic nitrogens is 3. The molecule has 0 radical (unpaired) electrons. The second-order valence-electron chi connectivity index (χ2n) is 5.93. The standard InChI is InChI=1S/C16H18N4O2/c1-11-9-13(16(21)22-11)19-7-8-20-14(10-19)17-18-15(20)12-5-3-2-4-6-12/h2-6,11,13H,7-10H2,1H3. The Hall–Kier alpha value is -2.21. The summed E-state index contributed by atoms with van der Waals surface area (Å²) in [5.74, 6) is 1.71. The highest BCUT2D eigenvalue weighted by atomic mass is 16.6. The van der Waals surface area contributed by atoms with E-state index in [1.165, 1.54) is 0 Å². The van der Waals surface area contributed by atoms with Crippen LogP contribution in [0.3, 0.4) is 0 Å². The summed E-state index contributed by atoms with van der Waals surface area (Å²) in [5.41, 5.74) is 1.07. The zero-order valence-corrected chi connectivity index (χ0v) is 12.5. The van der Waals surface area contributed by atoms with Crippen molar-refractivity contribution in [3.8, 4) is 11.4 Å². The maximum absolute atomic E-state index is 11.9. The van der Waals surface area contributed by atoms with Crippen molar-refractivity contribution in [2.75, 3.05) is 6.54 Å². The smallest absolute Gasteiger partial charge is 0.323 e. The predicted molar refractivity (Wildman–Crippen MR) is 79.8 cm³/mol. The minimum absolute atomic E-state index is 0.0113. The summed E-state index contributed by atoms with van der Waals surface area (Å²) >= 11 is 0. The summed E-state index contributed by atoms with van der Waals surface area (Å²) in [7, 11) is 0. The summed E-state index contributed by atoms with van der Waals surface area (Å²) in [4.78, 5) is 14.1. The van der Waals surface area contributed by atoms with Crippen LogP contribution in [0.5, 0.6) is 0 Å². The second-order valence-corrected chi connectivity index (χ2v) is 5.93. The van der Waals surface area contributed by atoms with E-state index in [1.807, 2.05) is 37.3 Å². The molecule has 2 aromatic rings. The summed E-state index contributed by atoms with van der Waals surface area (Å²) < 4.78 is 7.41. The number of ether oxygens (including phenoxy) is 1. The fourth-order valence-electron chi connectivity index (χ4n) is 3.28. The monoisotopic (exact) mass is 298 g/mol. The maximum Gasteiger partial charge on any atom is 0.323 e. The lowest BCUT2D eigenvalue weighted by Gasteiger charge is -2.30. The molecule has 0 saturated carbocycles. The molecule has 0 amide bonds. The molecular formula is C16H18N4O2. The largest absolute Gasteiger partial charge is 0.461 e. The molecule has 1 aromatic heterocycles. The van der Waals surface area contributed by atoms with Crippen LogP contribution >= 0.6 is 0 Å². The van der Waals surface area contributed by atoms with Gasteiger partial charge in [0.1, 0.15) is 18.0 Å². The van der Waals surface area contributed by atoms with Gasteiger partial charge in [0.25, 0.3) is 0 Å². The minimum atomic E-state index is -0.138. The van der Waals surface area contributed by atoms with E-state index in [1.54, 1.807) is 0 Å². The molecule has 6 heteroatoms. The zero-order valence-electron chi connectivity index (χ0n) is 12.5. The van der Waals surface area contributed by atoms with Crippen molar-refractivity contribution in [3.63, 3.8) is 0 Å². The summed E-state index contributed by atoms with van der Waals surface area (Å²) in [6.45, 7) is 4.20. The van der Waals surface area contributed by atoms with Crippen LogP contribution in [-0.2, 0) is 22.6 Å². The van der Waals surface area contributed by atoms with E-state index in [-0.39, 0.29) is 18.1 Å². The molecule has 2 atom stereocenters. The van der Waals surface area contributed by atoms with Crippen LogP contribution in [0.4, 0.5) is 0 Å². The molecule has 22 heavy (non-hydrogen) atoms. The molecule has 3 heterocycles. The molecular weight excluding hydrogens is 280 g/mol. The number of fused-ring (bicyclic) bond motifs is 1. The first-order chi connectivity index (χ1) is 10.7. The van der Waals surface area contributed by atoms with Crippen LogP contribution < -0.4 is 0 Å². The number of carbonyl (C=O) groups excluding carboxylic acids is 1. The number of esters is 1. The van der Waals surface area contributed by atoms with Crippen LogP contribution in [0, 0.1) is 0 Å². The van der Waals surface area contributed by atoms with Gasteiger partial charge in [-0.05, 0) is 6.92 Å². The number of carbonyl (C=O) groups is 1. The first-order valence-electron chi connectivity index (χ1n) is 7.64. The van der Waals surface area contributed by atoms with Gasteiger partial charge >= 0.3 is 5.97 Å². The van der Waals surface area contributed by atoms with Crippen molar-refractivity contribution in [3.05, 3.63) is 36.2 Å². The second kappa shape index (κ2) is 5.21. The van der Waals surface area contributed by atoms with E-state index >= 15 is 0 Å². The molecule has 114 valence electrons. The molecule has 1 fully saturated rings. The first-order valence-corrected chi connectivity index (χ1v) is 7.64. The third-order valence-corrected chi connectivity index (χ3v) is 4.40. The normalized spacial score (nSPS) is 25.0. The number of nitrogens with zero attached hydrogens (tertiary/aromatic N) is 4. The number of cyclic esters (lactones) is 1. The Morgan fingerprint density at radius 1 is 1.18 bits per heavy atom. The number of rotatable bonds is 2. The highest BCUT2D eigenvalue weighted by Gasteiger charge is 2.38. The van der Waals surface area contributed by atoms with Crippen molar-refractivity contribution < 1.29 is 9.53 Å². The Morgan fingerprint density at radius 3 is 2.73 bits per heavy atom. The van der Waals surface area contributed by atoms with E-state index in [2.05, 4.69) is 19.7 Å². The summed E-state index contributed by atoms with van der Waals surface area (Å²) in [6.07, 6.45) is 0.774. The third-order valence-electron chi connectivity index (χ3n) is 4.40. The lowest BCUT2D eigenvalue weighted by molar-refractivity contribution is -0.145. The van der Waals surface area contributed by atoms with E-state index in [0.29, 0.717) is 6.54 Å². The van der Waals surface area contributed by atoms with Gasteiger partial charge in [0.2, 0.25) is 0 Å². The van der Waals surface area contributed by atoms with E-state index in [9.17, 15) is 4.79 Å². The maximum atomic E-state index is 11.9. The minimum Gasteiger partial charge on any atom is -0.461 e. The highest BCUT2D eigenvalue weighted by Crippen LogP contribution is 2.26. The van der Waals surface area contributed by atoms with Gasteiger partial charge < -0.3 is 9.30 Å². The predicted octanol–water partition coefficient (Wildman–Crippen LogP) is 1.46. The van der Waals surface area contributed by atoms with Crippen molar-refractivity contribution in [1.29, 1.82) is 0 Å². The molecule has 0 spiro atoms. The molecule has 1 aromatic carbocycles. The van der Waals surface area contributed by atoms with E-state index in [4.69, 9.17) is 4.74 Å². The molecule has 0 N–H and O–H groups in total. The van der Waals surface area contributed by atoms with Gasteiger partial charge in [0.05, 0.1) is 6.54 Å². The molecule has 2 aliphatic rings. The zero-order chi connectivity index (χ0) is 15.1. The van der Waals surface area contributed by atoms with Crippen LogP contribution in [0.2, 0.25) is 0 Å². The van der Waals surface area contributed by atoms with Gasteiger partial charge in [-0.15, -0.1) is 10.2 Å². The number of hydrogen-bond donors (Lipinski definition) is 0. The Kier molecular flexibility index (Phi) is 3.18. The van der Waals surface area contributed by atoms with Gasteiger partial charge in [-0.3, -0.25) is 9.69 Å². The molecule has 2 unspecified atom stereocenters. The van der Waals surface area contributed by atoms with Gasteiger partial charge in [-0.25, -0.2) is 0 Å². The van der Waals surface area contributed by atoms with Crippen molar-refractivity contribution >= 4 is 5.97 Å². The SMILES string of the molecule is CC1CC(N2CCn3c(nnc3-c3ccccc3)C2)C(=O)O1.